The molecule has 0 aliphatic carbocycles. The van der Waals surface area contributed by atoms with Crippen molar-refractivity contribution in [3.8, 4) is 0 Å². The summed E-state index contributed by atoms with van der Waals surface area (Å²) in [6.07, 6.45) is 3.64. The van der Waals surface area contributed by atoms with E-state index in [4.69, 9.17) is 0 Å². The van der Waals surface area contributed by atoms with Crippen molar-refractivity contribution in [1.29, 1.82) is 0 Å². The number of β-amino-alcohol motifs (C(OH)–C–C–N with tert-alkyl or cyclic N) is 1. The van der Waals surface area contributed by atoms with Crippen molar-refractivity contribution in [2.24, 2.45) is 7.05 Å². The van der Waals surface area contributed by atoms with Crippen molar-refractivity contribution in [2.75, 3.05) is 46.2 Å². The van der Waals surface area contributed by atoms with E-state index in [0.717, 1.165) is 31.2 Å². The molecule has 0 radical (unpaired) electrons. The molecular formula is C16H29N5O2. The summed E-state index contributed by atoms with van der Waals surface area (Å²) in [5, 5.41) is 10.8. The molecule has 23 heavy (non-hydrogen) atoms. The van der Waals surface area contributed by atoms with E-state index in [1.54, 1.807) is 19.0 Å². The van der Waals surface area contributed by atoms with Gasteiger partial charge in [0.05, 0.1) is 23.9 Å². The predicted octanol–water partition coefficient (Wildman–Crippen LogP) is 0.291. The zero-order valence-corrected chi connectivity index (χ0v) is 14.9. The highest BCUT2D eigenvalue weighted by atomic mass is 16.3. The van der Waals surface area contributed by atoms with Crippen molar-refractivity contribution < 1.29 is 9.90 Å². The van der Waals surface area contributed by atoms with E-state index in [2.05, 4.69) is 14.5 Å². The molecule has 1 saturated heterocycles. The smallest absolute Gasteiger partial charge is 0.224 e. The highest BCUT2D eigenvalue weighted by Crippen LogP contribution is 2.26. The fourth-order valence-corrected chi connectivity index (χ4v) is 3.15. The van der Waals surface area contributed by atoms with Gasteiger partial charge < -0.3 is 19.5 Å². The molecule has 0 bridgehead atoms. The number of amides is 1. The third-order valence-electron chi connectivity index (χ3n) is 4.46. The third kappa shape index (κ3) is 4.23. The van der Waals surface area contributed by atoms with Crippen LogP contribution in [0.25, 0.3) is 0 Å². The summed E-state index contributed by atoms with van der Waals surface area (Å²) >= 11 is 0. The van der Waals surface area contributed by atoms with Crippen LogP contribution in [-0.4, -0.2) is 77.2 Å². The average molecular weight is 323 g/mol. The van der Waals surface area contributed by atoms with Gasteiger partial charge >= 0.3 is 0 Å². The summed E-state index contributed by atoms with van der Waals surface area (Å²) in [7, 11) is 9.40. The number of rotatable bonds is 5. The molecule has 1 aliphatic heterocycles. The lowest BCUT2D eigenvalue weighted by atomic mass is 9.89. The van der Waals surface area contributed by atoms with E-state index >= 15 is 0 Å². The number of anilines is 1. The second-order valence-electron chi connectivity index (χ2n) is 7.01. The summed E-state index contributed by atoms with van der Waals surface area (Å²) in [6, 6.07) is 0. The lowest BCUT2D eigenvalue weighted by molar-refractivity contribution is -0.136. The van der Waals surface area contributed by atoms with Crippen molar-refractivity contribution in [3.05, 3.63) is 11.9 Å². The number of piperidine rings is 1. The van der Waals surface area contributed by atoms with E-state index in [1.165, 1.54) is 0 Å². The average Bonchev–Trinajstić information content (AvgIpc) is 2.79. The number of aromatic nitrogens is 2. The minimum atomic E-state index is -0.928. The van der Waals surface area contributed by atoms with Gasteiger partial charge in [-0.2, -0.15) is 0 Å². The first kappa shape index (κ1) is 17.7. The summed E-state index contributed by atoms with van der Waals surface area (Å²) in [4.78, 5) is 22.1. The van der Waals surface area contributed by atoms with Crippen LogP contribution in [0.4, 0.5) is 5.95 Å². The van der Waals surface area contributed by atoms with Gasteiger partial charge in [-0.05, 0) is 19.4 Å². The van der Waals surface area contributed by atoms with Gasteiger partial charge in [0.1, 0.15) is 0 Å². The van der Waals surface area contributed by atoms with Gasteiger partial charge in [0, 0.05) is 48.3 Å². The monoisotopic (exact) mass is 323 g/mol. The minimum Gasteiger partial charge on any atom is -0.388 e. The molecule has 130 valence electrons. The molecule has 1 amide bonds. The Morgan fingerprint density at radius 3 is 2.65 bits per heavy atom. The summed E-state index contributed by atoms with van der Waals surface area (Å²) < 4.78 is 2.07. The van der Waals surface area contributed by atoms with E-state index in [-0.39, 0.29) is 12.3 Å². The van der Waals surface area contributed by atoms with Crippen LogP contribution in [0.3, 0.4) is 0 Å². The van der Waals surface area contributed by atoms with Crippen LogP contribution in [0.15, 0.2) is 6.20 Å². The Morgan fingerprint density at radius 2 is 2.09 bits per heavy atom. The van der Waals surface area contributed by atoms with Crippen molar-refractivity contribution in [3.63, 3.8) is 0 Å². The number of likely N-dealkylation sites (tertiary alicyclic amines) is 1. The van der Waals surface area contributed by atoms with Crippen LogP contribution in [0, 0.1) is 0 Å². The van der Waals surface area contributed by atoms with Crippen LogP contribution in [-0.2, 0) is 18.4 Å². The molecule has 1 N–H and O–H groups in total. The minimum absolute atomic E-state index is 0.0234. The molecule has 7 heteroatoms. The molecule has 1 aromatic heterocycles. The fourth-order valence-electron chi connectivity index (χ4n) is 3.15. The second kappa shape index (κ2) is 6.88. The summed E-state index contributed by atoms with van der Waals surface area (Å²) in [5.74, 6) is 0.889. The maximum absolute atomic E-state index is 11.9. The Balaban J connectivity index is 2.03. The lowest BCUT2D eigenvalue weighted by Gasteiger charge is -2.39. The molecule has 1 fully saturated rings. The normalized spacial score (nSPS) is 22.2. The largest absolute Gasteiger partial charge is 0.388 e. The molecule has 0 saturated carbocycles. The third-order valence-corrected chi connectivity index (χ3v) is 4.46. The van der Waals surface area contributed by atoms with E-state index < -0.39 is 5.60 Å². The summed E-state index contributed by atoms with van der Waals surface area (Å²) in [5.41, 5.74) is 0.180. The molecule has 1 atom stereocenters. The Bertz CT molecular complexity index is 555. The van der Waals surface area contributed by atoms with E-state index in [9.17, 15) is 9.90 Å². The van der Waals surface area contributed by atoms with Crippen molar-refractivity contribution in [2.45, 2.75) is 31.4 Å². The molecule has 1 aromatic rings. The van der Waals surface area contributed by atoms with Crippen molar-refractivity contribution in [1.82, 2.24) is 19.4 Å². The number of hydrogen-bond acceptors (Lipinski definition) is 5. The topological polar surface area (TPSA) is 64.8 Å². The van der Waals surface area contributed by atoms with Gasteiger partial charge in [0.25, 0.3) is 0 Å². The van der Waals surface area contributed by atoms with Crippen LogP contribution in [0.2, 0.25) is 0 Å². The molecule has 1 unspecified atom stereocenters. The van der Waals surface area contributed by atoms with Crippen LogP contribution in [0.5, 0.6) is 0 Å². The number of aliphatic hydroxyl groups is 1. The molecule has 2 heterocycles. The fraction of sp³-hybridized carbons (Fsp3) is 0.750. The highest BCUT2D eigenvalue weighted by molar-refractivity contribution is 5.76. The quantitative estimate of drug-likeness (QED) is 0.844. The number of imidazole rings is 1. The Morgan fingerprint density at radius 1 is 1.39 bits per heavy atom. The maximum atomic E-state index is 11.9. The Labute approximate surface area is 138 Å². The van der Waals surface area contributed by atoms with Gasteiger partial charge in [0.2, 0.25) is 11.9 Å². The first-order chi connectivity index (χ1) is 10.7. The van der Waals surface area contributed by atoms with Crippen LogP contribution in [0.1, 0.15) is 25.0 Å². The number of nitrogens with zero attached hydrogens (tertiary/aromatic N) is 5. The second-order valence-corrected chi connectivity index (χ2v) is 7.01. The van der Waals surface area contributed by atoms with Crippen molar-refractivity contribution >= 4 is 11.9 Å². The van der Waals surface area contributed by atoms with Gasteiger partial charge in [-0.15, -0.1) is 0 Å². The van der Waals surface area contributed by atoms with Gasteiger partial charge in [-0.25, -0.2) is 4.98 Å². The van der Waals surface area contributed by atoms with E-state index in [1.807, 2.05) is 32.2 Å². The summed E-state index contributed by atoms with van der Waals surface area (Å²) in [6.45, 7) is 2.19. The molecule has 2 rings (SSSR count). The maximum Gasteiger partial charge on any atom is 0.224 e. The predicted molar refractivity (Wildman–Crippen MR) is 90.3 cm³/mol. The molecule has 1 aliphatic rings. The van der Waals surface area contributed by atoms with Gasteiger partial charge in [-0.1, -0.05) is 0 Å². The van der Waals surface area contributed by atoms with E-state index in [0.29, 0.717) is 13.0 Å². The Kier molecular flexibility index (Phi) is 5.31. The van der Waals surface area contributed by atoms with Crippen LogP contribution >= 0.6 is 0 Å². The number of carbonyl (C=O) groups excluding carboxylic acids is 1. The van der Waals surface area contributed by atoms with Crippen LogP contribution < -0.4 is 4.90 Å². The van der Waals surface area contributed by atoms with Gasteiger partial charge in [-0.3, -0.25) is 9.69 Å². The first-order valence-corrected chi connectivity index (χ1v) is 8.05. The highest BCUT2D eigenvalue weighted by Gasteiger charge is 2.36. The molecule has 7 nitrogen and oxygen atoms in total. The van der Waals surface area contributed by atoms with Gasteiger partial charge in [0.15, 0.2) is 0 Å². The lowest BCUT2D eigenvalue weighted by Crippen LogP contribution is -2.50. The number of carbonyl (C=O) groups is 1. The molecular weight excluding hydrogens is 294 g/mol. The zero-order chi connectivity index (χ0) is 17.2. The standard InChI is InChI=1S/C16H29N5O2/c1-18(2)14(22)9-16(23)7-6-8-21(12-16)11-13-10-17-15(19(3)4)20(13)5/h10,23H,6-9,11-12H2,1-5H3. The first-order valence-electron chi connectivity index (χ1n) is 8.05. The zero-order valence-electron chi connectivity index (χ0n) is 14.9. The molecule has 0 aromatic carbocycles. The Hall–Kier alpha value is -1.60. The SMILES string of the molecule is CN(C)C(=O)CC1(O)CCCN(Cc2cnc(N(C)C)n2C)C1. The number of hydrogen-bond donors (Lipinski definition) is 1. The molecule has 0 spiro atoms.